The van der Waals surface area contributed by atoms with E-state index in [1.807, 2.05) is 0 Å². The lowest BCUT2D eigenvalue weighted by atomic mass is 10.2. The Morgan fingerprint density at radius 3 is 1.93 bits per heavy atom. The van der Waals surface area contributed by atoms with E-state index in [-0.39, 0.29) is 26.3 Å². The lowest BCUT2D eigenvalue weighted by Gasteiger charge is -2.30. The van der Waals surface area contributed by atoms with Crippen LogP contribution in [-0.4, -0.2) is 49.2 Å². The molecule has 1 aliphatic rings. The van der Waals surface area contributed by atoms with Crippen molar-refractivity contribution in [3.05, 3.63) is 0 Å². The number of carbonyl (C=O) groups excluding carboxylic acids is 1. The van der Waals surface area contributed by atoms with Crippen LogP contribution in [0.2, 0.25) is 0 Å². The molecular formula is C7H8F5NO2. The Labute approximate surface area is 81.8 Å². The fourth-order valence-electron chi connectivity index (χ4n) is 1.09. The summed E-state index contributed by atoms with van der Waals surface area (Å²) < 4.78 is 65.3. The van der Waals surface area contributed by atoms with Crippen molar-refractivity contribution in [2.24, 2.45) is 0 Å². The van der Waals surface area contributed by atoms with Gasteiger partial charge in [0, 0.05) is 13.1 Å². The third kappa shape index (κ3) is 2.36. The number of alkyl halides is 5. The van der Waals surface area contributed by atoms with Gasteiger partial charge in [-0.2, -0.15) is 22.0 Å². The maximum Gasteiger partial charge on any atom is 0.463 e. The van der Waals surface area contributed by atoms with Crippen molar-refractivity contribution in [1.82, 2.24) is 4.90 Å². The third-order valence-corrected chi connectivity index (χ3v) is 1.92. The highest BCUT2D eigenvalue weighted by molar-refractivity contribution is 5.84. The van der Waals surface area contributed by atoms with Crippen molar-refractivity contribution >= 4 is 5.91 Å². The van der Waals surface area contributed by atoms with E-state index in [1.54, 1.807) is 0 Å². The van der Waals surface area contributed by atoms with E-state index in [0.29, 0.717) is 4.90 Å². The maximum atomic E-state index is 12.6. The SMILES string of the molecule is O=C(N1CCOCC1)C(F)(F)C(F)(F)F. The summed E-state index contributed by atoms with van der Waals surface area (Å²) in [6, 6.07) is 0. The van der Waals surface area contributed by atoms with Gasteiger partial charge in [0.1, 0.15) is 0 Å². The molecule has 0 aromatic rings. The first-order chi connectivity index (χ1) is 6.77. The quantitative estimate of drug-likeness (QED) is 0.633. The van der Waals surface area contributed by atoms with E-state index < -0.39 is 18.0 Å². The number of hydrogen-bond acceptors (Lipinski definition) is 2. The average molecular weight is 233 g/mol. The summed E-state index contributed by atoms with van der Waals surface area (Å²) in [5.41, 5.74) is 0. The minimum Gasteiger partial charge on any atom is -0.378 e. The summed E-state index contributed by atoms with van der Waals surface area (Å²) in [4.78, 5) is 11.3. The Hall–Kier alpha value is -0.920. The number of ether oxygens (including phenoxy) is 1. The minimum absolute atomic E-state index is 0.0281. The van der Waals surface area contributed by atoms with E-state index >= 15 is 0 Å². The second-order valence-electron chi connectivity index (χ2n) is 2.98. The van der Waals surface area contributed by atoms with Gasteiger partial charge in [-0.3, -0.25) is 4.79 Å². The minimum atomic E-state index is -5.84. The van der Waals surface area contributed by atoms with E-state index in [2.05, 4.69) is 0 Å². The Bertz CT molecular complexity index is 246. The van der Waals surface area contributed by atoms with Gasteiger partial charge < -0.3 is 9.64 Å². The first-order valence-corrected chi connectivity index (χ1v) is 4.08. The Kier molecular flexibility index (Phi) is 3.17. The molecule has 1 amide bonds. The van der Waals surface area contributed by atoms with Crippen LogP contribution in [0.5, 0.6) is 0 Å². The molecule has 0 aromatic carbocycles. The number of rotatable bonds is 1. The van der Waals surface area contributed by atoms with Crippen LogP contribution >= 0.6 is 0 Å². The van der Waals surface area contributed by atoms with Gasteiger partial charge >= 0.3 is 18.0 Å². The molecule has 1 heterocycles. The molecule has 0 N–H and O–H groups in total. The zero-order valence-electron chi connectivity index (χ0n) is 7.48. The van der Waals surface area contributed by atoms with Crippen LogP contribution in [0.15, 0.2) is 0 Å². The van der Waals surface area contributed by atoms with Gasteiger partial charge in [0.05, 0.1) is 13.2 Å². The molecule has 8 heteroatoms. The van der Waals surface area contributed by atoms with Crippen LogP contribution in [-0.2, 0) is 9.53 Å². The van der Waals surface area contributed by atoms with Gasteiger partial charge in [0.15, 0.2) is 0 Å². The van der Waals surface area contributed by atoms with Crippen LogP contribution in [0.1, 0.15) is 0 Å². The first-order valence-electron chi connectivity index (χ1n) is 4.08. The molecule has 1 fully saturated rings. The Morgan fingerprint density at radius 1 is 1.07 bits per heavy atom. The molecule has 0 saturated carbocycles. The van der Waals surface area contributed by atoms with E-state index in [0.717, 1.165) is 0 Å². The average Bonchev–Trinajstić information content (AvgIpc) is 2.16. The predicted octanol–water partition coefficient (Wildman–Crippen LogP) is 1.04. The molecule has 0 aromatic heterocycles. The molecule has 3 nitrogen and oxygen atoms in total. The number of halogens is 5. The molecule has 88 valence electrons. The summed E-state index contributed by atoms with van der Waals surface area (Å²) in [5.74, 6) is -7.53. The molecule has 1 rings (SSSR count). The highest BCUT2D eigenvalue weighted by Crippen LogP contribution is 2.36. The first kappa shape index (κ1) is 12.2. The number of carbonyl (C=O) groups is 1. The van der Waals surface area contributed by atoms with E-state index in [4.69, 9.17) is 4.74 Å². The third-order valence-electron chi connectivity index (χ3n) is 1.92. The largest absolute Gasteiger partial charge is 0.463 e. The van der Waals surface area contributed by atoms with Crippen LogP contribution in [0.25, 0.3) is 0 Å². The second kappa shape index (κ2) is 3.92. The lowest BCUT2D eigenvalue weighted by molar-refractivity contribution is -0.275. The highest BCUT2D eigenvalue weighted by Gasteiger charge is 2.64. The molecule has 0 aliphatic carbocycles. The molecule has 1 aliphatic heterocycles. The summed E-state index contributed by atoms with van der Waals surface area (Å²) in [5, 5.41) is 0. The van der Waals surface area contributed by atoms with Crippen molar-refractivity contribution in [3.8, 4) is 0 Å². The van der Waals surface area contributed by atoms with Gasteiger partial charge in [-0.15, -0.1) is 0 Å². The fourth-order valence-corrected chi connectivity index (χ4v) is 1.09. The highest BCUT2D eigenvalue weighted by atomic mass is 19.4. The topological polar surface area (TPSA) is 29.5 Å². The van der Waals surface area contributed by atoms with Crippen molar-refractivity contribution < 1.29 is 31.5 Å². The van der Waals surface area contributed by atoms with Crippen molar-refractivity contribution in [2.45, 2.75) is 12.1 Å². The molecule has 0 bridgehead atoms. The van der Waals surface area contributed by atoms with E-state index in [1.165, 1.54) is 0 Å². The van der Waals surface area contributed by atoms with Crippen molar-refractivity contribution in [1.29, 1.82) is 0 Å². The number of morpholine rings is 1. The Morgan fingerprint density at radius 2 is 1.53 bits per heavy atom. The van der Waals surface area contributed by atoms with E-state index in [9.17, 15) is 26.7 Å². The van der Waals surface area contributed by atoms with Crippen molar-refractivity contribution in [3.63, 3.8) is 0 Å². The number of amides is 1. The molecule has 0 atom stereocenters. The monoisotopic (exact) mass is 233 g/mol. The summed E-state index contributed by atoms with van der Waals surface area (Å²) in [7, 11) is 0. The van der Waals surface area contributed by atoms with Gasteiger partial charge in [0.2, 0.25) is 0 Å². The number of nitrogens with zero attached hydrogens (tertiary/aromatic N) is 1. The second-order valence-corrected chi connectivity index (χ2v) is 2.98. The Balaban J connectivity index is 2.74. The maximum absolute atomic E-state index is 12.6. The molecule has 15 heavy (non-hydrogen) atoms. The van der Waals surface area contributed by atoms with Crippen LogP contribution in [0.4, 0.5) is 22.0 Å². The standard InChI is InChI=1S/C7H8F5NO2/c8-6(9,7(10,11)12)5(14)13-1-3-15-4-2-13/h1-4H2. The number of hydrogen-bond donors (Lipinski definition) is 0. The molecule has 0 spiro atoms. The molecule has 0 unspecified atom stereocenters. The smallest absolute Gasteiger partial charge is 0.378 e. The summed E-state index contributed by atoms with van der Waals surface area (Å²) in [6.07, 6.45) is -5.84. The van der Waals surface area contributed by atoms with Crippen LogP contribution in [0.3, 0.4) is 0 Å². The zero-order chi connectivity index (χ0) is 11.7. The summed E-state index contributed by atoms with van der Waals surface area (Å²) in [6.45, 7) is -0.547. The molecular weight excluding hydrogens is 225 g/mol. The molecule has 0 radical (unpaired) electrons. The fraction of sp³-hybridized carbons (Fsp3) is 0.857. The molecule has 1 saturated heterocycles. The van der Waals surface area contributed by atoms with Crippen LogP contribution < -0.4 is 0 Å². The van der Waals surface area contributed by atoms with Gasteiger partial charge in [-0.25, -0.2) is 0 Å². The van der Waals surface area contributed by atoms with Gasteiger partial charge in [-0.1, -0.05) is 0 Å². The van der Waals surface area contributed by atoms with Crippen molar-refractivity contribution in [2.75, 3.05) is 26.3 Å². The lowest BCUT2D eigenvalue weighted by Crippen LogP contribution is -2.54. The van der Waals surface area contributed by atoms with Crippen LogP contribution in [0, 0.1) is 0 Å². The van der Waals surface area contributed by atoms with Gasteiger partial charge in [0.25, 0.3) is 0 Å². The normalized spacial score (nSPS) is 19.1. The zero-order valence-corrected chi connectivity index (χ0v) is 7.48. The summed E-state index contributed by atoms with van der Waals surface area (Å²) >= 11 is 0. The predicted molar refractivity (Wildman–Crippen MR) is 38.4 cm³/mol. The van der Waals surface area contributed by atoms with Gasteiger partial charge in [-0.05, 0) is 0 Å².